The summed E-state index contributed by atoms with van der Waals surface area (Å²) in [4.78, 5) is 0. The fraction of sp³-hybridized carbons (Fsp3) is 0.455. The number of ether oxygens (including phenoxy) is 1. The third kappa shape index (κ3) is 5.97. The highest BCUT2D eigenvalue weighted by atomic mass is 35.5. The molecule has 0 aliphatic carbocycles. The third-order valence-corrected chi connectivity index (χ3v) is 1.98. The molecule has 0 atom stereocenters. The number of benzene rings is 1. The smallest absolute Gasteiger partial charge is 0.143 e. The van der Waals surface area contributed by atoms with E-state index in [1.54, 1.807) is 0 Å². The van der Waals surface area contributed by atoms with Gasteiger partial charge in [0, 0.05) is 12.1 Å². The van der Waals surface area contributed by atoms with Gasteiger partial charge in [0.1, 0.15) is 6.79 Å². The lowest BCUT2D eigenvalue weighted by atomic mass is 10.1. The molecule has 3 heteroatoms. The number of methoxy groups -OCH3 is 1. The van der Waals surface area contributed by atoms with Gasteiger partial charge in [-0.3, -0.25) is 0 Å². The Labute approximate surface area is 90.5 Å². The molecule has 14 heavy (non-hydrogen) atoms. The fourth-order valence-electron chi connectivity index (χ4n) is 0.970. The molecule has 1 aromatic carbocycles. The minimum Gasteiger partial charge on any atom is -0.371 e. The number of aryl methyl sites for hydroxylation is 1. The second kappa shape index (κ2) is 9.00. The van der Waals surface area contributed by atoms with E-state index < -0.39 is 0 Å². The summed E-state index contributed by atoms with van der Waals surface area (Å²) in [7, 11) is 1.43. The van der Waals surface area contributed by atoms with Crippen LogP contribution in [0, 0.1) is 0 Å². The zero-order chi connectivity index (χ0) is 10.8. The van der Waals surface area contributed by atoms with Gasteiger partial charge in [-0.2, -0.15) is 0 Å². The molecule has 1 rings (SSSR count). The largest absolute Gasteiger partial charge is 0.371 e. The molecule has 0 saturated carbocycles. The molecule has 0 aromatic heterocycles. The maximum absolute atomic E-state index is 7.65. The summed E-state index contributed by atoms with van der Waals surface area (Å²) in [5.74, 6) is 0. The Kier molecular flexibility index (Phi) is 8.64. The molecule has 0 fully saturated rings. The predicted molar refractivity (Wildman–Crippen MR) is 59.5 cm³/mol. The molecule has 0 bridgehead atoms. The summed E-state index contributed by atoms with van der Waals surface area (Å²) in [5.41, 5.74) is 1.26. The zero-order valence-corrected chi connectivity index (χ0v) is 9.42. The van der Waals surface area contributed by atoms with Gasteiger partial charge >= 0.3 is 0 Å². The lowest BCUT2D eigenvalue weighted by molar-refractivity contribution is 0.0325. The van der Waals surface area contributed by atoms with Gasteiger partial charge in [0.25, 0.3) is 0 Å². The summed E-state index contributed by atoms with van der Waals surface area (Å²) < 4.78 is 4.10. The highest BCUT2D eigenvalue weighted by Gasteiger charge is 1.94. The van der Waals surface area contributed by atoms with E-state index in [0.29, 0.717) is 0 Å². The number of hydrogen-bond donors (Lipinski definition) is 1. The molecule has 0 amide bonds. The summed E-state index contributed by atoms with van der Waals surface area (Å²) in [6, 6.07) is 8.00. The molecule has 0 aliphatic rings. The monoisotopic (exact) mass is 216 g/mol. The maximum atomic E-state index is 7.65. The van der Waals surface area contributed by atoms with Crippen molar-refractivity contribution in [3.63, 3.8) is 0 Å². The average Bonchev–Trinajstić information content (AvgIpc) is 2.22. The molecule has 1 aromatic rings. The van der Waals surface area contributed by atoms with E-state index in [2.05, 4.69) is 17.7 Å². The number of aliphatic hydroxyl groups excluding tert-OH is 1. The Morgan fingerprint density at radius 3 is 2.36 bits per heavy atom. The molecule has 0 unspecified atom stereocenters. The SMILES string of the molecule is CCCc1ccccc1Cl.COCO. The Hall–Kier alpha value is -0.570. The minimum absolute atomic E-state index is 0.181. The third-order valence-electron chi connectivity index (χ3n) is 1.61. The quantitative estimate of drug-likeness (QED) is 0.788. The van der Waals surface area contributed by atoms with Crippen LogP contribution < -0.4 is 0 Å². The standard InChI is InChI=1S/C9H11Cl.C2H6O2/c1-2-5-8-6-3-4-7-9(8)10;1-4-2-3/h3-4,6-7H,2,5H2,1H3;3H,2H2,1H3. The van der Waals surface area contributed by atoms with E-state index in [1.807, 2.05) is 18.2 Å². The van der Waals surface area contributed by atoms with Crippen molar-refractivity contribution in [3.05, 3.63) is 34.9 Å². The highest BCUT2D eigenvalue weighted by molar-refractivity contribution is 6.31. The molecular formula is C11H17ClO2. The van der Waals surface area contributed by atoms with Crippen molar-refractivity contribution >= 4 is 11.6 Å². The first kappa shape index (κ1) is 13.4. The number of aliphatic hydroxyl groups is 1. The van der Waals surface area contributed by atoms with Crippen molar-refractivity contribution in [1.29, 1.82) is 0 Å². The molecule has 80 valence electrons. The molecule has 0 saturated heterocycles. The molecule has 1 N–H and O–H groups in total. The van der Waals surface area contributed by atoms with Crippen LogP contribution in [0.1, 0.15) is 18.9 Å². The first-order valence-electron chi connectivity index (χ1n) is 4.59. The van der Waals surface area contributed by atoms with Gasteiger partial charge in [-0.15, -0.1) is 0 Å². The Morgan fingerprint density at radius 1 is 1.36 bits per heavy atom. The number of hydrogen-bond acceptors (Lipinski definition) is 2. The van der Waals surface area contributed by atoms with Crippen LogP contribution >= 0.6 is 11.6 Å². The summed E-state index contributed by atoms with van der Waals surface area (Å²) in [6.07, 6.45) is 2.24. The van der Waals surface area contributed by atoms with Crippen LogP contribution in [0.15, 0.2) is 24.3 Å². The van der Waals surface area contributed by atoms with Gasteiger partial charge in [0.05, 0.1) is 0 Å². The van der Waals surface area contributed by atoms with Gasteiger partial charge in [0.2, 0.25) is 0 Å². The topological polar surface area (TPSA) is 29.5 Å². The van der Waals surface area contributed by atoms with Crippen LogP contribution in [0.25, 0.3) is 0 Å². The number of rotatable bonds is 3. The molecule has 0 heterocycles. The van der Waals surface area contributed by atoms with E-state index in [1.165, 1.54) is 12.7 Å². The average molecular weight is 217 g/mol. The first-order chi connectivity index (χ1) is 6.76. The normalized spacial score (nSPS) is 9.14. The van der Waals surface area contributed by atoms with Crippen molar-refractivity contribution in [2.45, 2.75) is 19.8 Å². The van der Waals surface area contributed by atoms with Gasteiger partial charge < -0.3 is 9.84 Å². The summed E-state index contributed by atoms with van der Waals surface area (Å²) >= 11 is 5.90. The van der Waals surface area contributed by atoms with Crippen LogP contribution in [-0.2, 0) is 11.2 Å². The van der Waals surface area contributed by atoms with Crippen molar-refractivity contribution in [2.24, 2.45) is 0 Å². The molecule has 0 spiro atoms. The van der Waals surface area contributed by atoms with E-state index in [4.69, 9.17) is 16.7 Å². The van der Waals surface area contributed by atoms with E-state index in [0.717, 1.165) is 17.9 Å². The maximum Gasteiger partial charge on any atom is 0.143 e. The Morgan fingerprint density at radius 2 is 1.93 bits per heavy atom. The van der Waals surface area contributed by atoms with Crippen LogP contribution in [0.2, 0.25) is 5.02 Å². The first-order valence-corrected chi connectivity index (χ1v) is 4.97. The van der Waals surface area contributed by atoms with Crippen LogP contribution in [0.4, 0.5) is 0 Å². The Balaban J connectivity index is 0.000000364. The zero-order valence-electron chi connectivity index (χ0n) is 8.66. The molecule has 2 nitrogen and oxygen atoms in total. The van der Waals surface area contributed by atoms with Crippen LogP contribution in [-0.4, -0.2) is 19.0 Å². The highest BCUT2D eigenvalue weighted by Crippen LogP contribution is 2.15. The van der Waals surface area contributed by atoms with Gasteiger partial charge in [-0.25, -0.2) is 0 Å². The molecule has 0 aliphatic heterocycles. The molecular weight excluding hydrogens is 200 g/mol. The van der Waals surface area contributed by atoms with E-state index >= 15 is 0 Å². The van der Waals surface area contributed by atoms with Crippen LogP contribution in [0.5, 0.6) is 0 Å². The van der Waals surface area contributed by atoms with Gasteiger partial charge in [0.15, 0.2) is 0 Å². The van der Waals surface area contributed by atoms with Crippen LogP contribution in [0.3, 0.4) is 0 Å². The fourth-order valence-corrected chi connectivity index (χ4v) is 1.20. The van der Waals surface area contributed by atoms with Crippen molar-refractivity contribution in [1.82, 2.24) is 0 Å². The lowest BCUT2D eigenvalue weighted by Crippen LogP contribution is -1.82. The summed E-state index contributed by atoms with van der Waals surface area (Å²) in [6.45, 7) is 1.98. The second-order valence-corrected chi connectivity index (χ2v) is 3.17. The molecule has 0 radical (unpaired) electrons. The minimum atomic E-state index is -0.181. The van der Waals surface area contributed by atoms with Crippen molar-refractivity contribution < 1.29 is 9.84 Å². The van der Waals surface area contributed by atoms with Crippen molar-refractivity contribution in [3.8, 4) is 0 Å². The number of halogens is 1. The van der Waals surface area contributed by atoms with E-state index in [-0.39, 0.29) is 6.79 Å². The summed E-state index contributed by atoms with van der Waals surface area (Å²) in [5, 5.41) is 8.55. The van der Waals surface area contributed by atoms with Crippen molar-refractivity contribution in [2.75, 3.05) is 13.9 Å². The van der Waals surface area contributed by atoms with Gasteiger partial charge in [-0.05, 0) is 18.1 Å². The predicted octanol–water partition coefficient (Wildman–Crippen LogP) is 2.88. The van der Waals surface area contributed by atoms with Gasteiger partial charge in [-0.1, -0.05) is 43.1 Å². The lowest BCUT2D eigenvalue weighted by Gasteiger charge is -1.99. The second-order valence-electron chi connectivity index (χ2n) is 2.76. The van der Waals surface area contributed by atoms with E-state index in [9.17, 15) is 0 Å². The Bertz CT molecular complexity index is 236.